The number of H-pyrrole nitrogens is 1. The minimum atomic E-state index is -0.192. The van der Waals surface area contributed by atoms with E-state index in [0.29, 0.717) is 11.1 Å². The molecule has 4 aromatic rings. The van der Waals surface area contributed by atoms with E-state index in [0.717, 1.165) is 61.7 Å². The van der Waals surface area contributed by atoms with Crippen LogP contribution < -0.4 is 10.3 Å². The largest absolute Gasteiger partial charge is 0.456 e. The number of piperazine rings is 1. The van der Waals surface area contributed by atoms with Gasteiger partial charge in [-0.1, -0.05) is 42.5 Å². The quantitative estimate of drug-likeness (QED) is 0.472. The predicted octanol–water partition coefficient (Wildman–Crippen LogP) is 4.01. The minimum Gasteiger partial charge on any atom is -0.456 e. The summed E-state index contributed by atoms with van der Waals surface area (Å²) in [5.41, 5.74) is 4.12. The highest BCUT2D eigenvalue weighted by Crippen LogP contribution is 2.44. The number of nitrogens with zero attached hydrogens (tertiary/aromatic N) is 3. The average Bonchev–Trinajstić information content (AvgIpc) is 2.83. The Morgan fingerprint density at radius 3 is 2.34 bits per heavy atom. The summed E-state index contributed by atoms with van der Waals surface area (Å²) in [6, 6.07) is 22.5. The summed E-state index contributed by atoms with van der Waals surface area (Å²) in [5, 5.41) is 8.42. The molecule has 3 heterocycles. The van der Waals surface area contributed by atoms with Gasteiger partial charge < -0.3 is 4.74 Å². The summed E-state index contributed by atoms with van der Waals surface area (Å²) in [6.07, 6.45) is 0. The fourth-order valence-electron chi connectivity index (χ4n) is 4.74. The van der Waals surface area contributed by atoms with Crippen molar-refractivity contribution >= 4 is 10.8 Å². The van der Waals surface area contributed by atoms with Crippen molar-refractivity contribution in [1.29, 1.82) is 0 Å². The van der Waals surface area contributed by atoms with E-state index in [9.17, 15) is 4.79 Å². The Bertz CT molecular complexity index is 1340. The smallest absolute Gasteiger partial charge is 0.272 e. The first-order chi connectivity index (χ1) is 15.7. The number of hydrogen-bond donors (Lipinski definition) is 1. The molecule has 1 fully saturated rings. The Kier molecular flexibility index (Phi) is 4.74. The van der Waals surface area contributed by atoms with Crippen LogP contribution in [-0.4, -0.2) is 46.2 Å². The molecule has 3 aromatic carbocycles. The molecule has 1 saturated heterocycles. The Morgan fingerprint density at radius 2 is 1.56 bits per heavy atom. The molecule has 32 heavy (non-hydrogen) atoms. The lowest BCUT2D eigenvalue weighted by Crippen LogP contribution is -2.45. The Morgan fingerprint density at radius 1 is 0.812 bits per heavy atom. The van der Waals surface area contributed by atoms with Gasteiger partial charge in [0.15, 0.2) is 0 Å². The molecule has 0 radical (unpaired) electrons. The summed E-state index contributed by atoms with van der Waals surface area (Å²) < 4.78 is 6.11. The molecule has 0 atom stereocenters. The van der Waals surface area contributed by atoms with Crippen LogP contribution >= 0.6 is 0 Å². The van der Waals surface area contributed by atoms with Gasteiger partial charge >= 0.3 is 0 Å². The van der Waals surface area contributed by atoms with Gasteiger partial charge in [0, 0.05) is 44.8 Å². The van der Waals surface area contributed by atoms with Gasteiger partial charge in [0.2, 0.25) is 0 Å². The fourth-order valence-corrected chi connectivity index (χ4v) is 4.74. The number of ether oxygens (including phenoxy) is 1. The number of fused-ring (bicyclic) bond motifs is 2. The van der Waals surface area contributed by atoms with E-state index >= 15 is 0 Å². The van der Waals surface area contributed by atoms with E-state index in [4.69, 9.17) is 4.74 Å². The van der Waals surface area contributed by atoms with Crippen LogP contribution in [0.3, 0.4) is 0 Å². The average molecular weight is 425 g/mol. The number of aromatic amines is 1. The van der Waals surface area contributed by atoms with E-state index in [2.05, 4.69) is 62.5 Å². The van der Waals surface area contributed by atoms with Crippen molar-refractivity contribution < 1.29 is 4.74 Å². The van der Waals surface area contributed by atoms with Crippen LogP contribution in [0.1, 0.15) is 11.1 Å². The predicted molar refractivity (Wildman–Crippen MR) is 125 cm³/mol. The monoisotopic (exact) mass is 424 g/mol. The molecule has 2 aliphatic heterocycles. The van der Waals surface area contributed by atoms with Crippen molar-refractivity contribution in [2.24, 2.45) is 0 Å². The molecule has 0 amide bonds. The summed E-state index contributed by atoms with van der Waals surface area (Å²) in [7, 11) is 0. The summed E-state index contributed by atoms with van der Waals surface area (Å²) in [5.74, 6) is 1.46. The lowest BCUT2D eigenvalue weighted by Gasteiger charge is -2.35. The van der Waals surface area contributed by atoms with Gasteiger partial charge in [-0.25, -0.2) is 5.10 Å². The Hall–Kier alpha value is -3.48. The molecule has 2 aliphatic rings. The molecule has 160 valence electrons. The molecule has 0 spiro atoms. The molecule has 0 aliphatic carbocycles. The number of nitrogens with one attached hydrogen (secondary N) is 1. The first-order valence-corrected chi connectivity index (χ1v) is 11.1. The van der Waals surface area contributed by atoms with Gasteiger partial charge in [-0.05, 0) is 35.4 Å². The molecule has 0 saturated carbocycles. The van der Waals surface area contributed by atoms with Crippen LogP contribution in [0.5, 0.6) is 11.5 Å². The minimum absolute atomic E-state index is 0.192. The van der Waals surface area contributed by atoms with Gasteiger partial charge in [0.1, 0.15) is 17.2 Å². The SMILES string of the molecule is O=c1[nH]nc2c3c(cccc13)Oc1ccc(CN3CCN(Cc4ccccc4)CC3)cc1-2. The van der Waals surface area contributed by atoms with Gasteiger partial charge in [0.05, 0.1) is 10.8 Å². The standard InChI is InChI=1S/C26H24N4O2/c31-26-20-7-4-8-23-24(20)25(27-28-26)21-15-19(9-10-22(21)32-23)17-30-13-11-29(12-14-30)16-18-5-2-1-3-6-18/h1-10,15H,11-14,16-17H2,(H,28,31). The number of hydrogen-bond acceptors (Lipinski definition) is 5. The molecule has 6 nitrogen and oxygen atoms in total. The van der Waals surface area contributed by atoms with E-state index < -0.39 is 0 Å². The molecule has 6 heteroatoms. The normalized spacial score (nSPS) is 16.0. The zero-order valence-electron chi connectivity index (χ0n) is 17.8. The summed E-state index contributed by atoms with van der Waals surface area (Å²) >= 11 is 0. The Labute approximate surface area is 186 Å². The van der Waals surface area contributed by atoms with Gasteiger partial charge in [-0.15, -0.1) is 0 Å². The molecule has 0 bridgehead atoms. The topological polar surface area (TPSA) is 61.5 Å². The van der Waals surface area contributed by atoms with E-state index in [1.54, 1.807) is 0 Å². The summed E-state index contributed by atoms with van der Waals surface area (Å²) in [4.78, 5) is 17.2. The van der Waals surface area contributed by atoms with Crippen LogP contribution in [0, 0.1) is 0 Å². The van der Waals surface area contributed by atoms with Crippen molar-refractivity contribution in [2.45, 2.75) is 13.1 Å². The first-order valence-electron chi connectivity index (χ1n) is 11.1. The second-order valence-electron chi connectivity index (χ2n) is 8.55. The van der Waals surface area contributed by atoms with Crippen molar-refractivity contribution in [1.82, 2.24) is 20.0 Å². The van der Waals surface area contributed by atoms with Crippen LogP contribution in [0.15, 0.2) is 71.5 Å². The molecular weight excluding hydrogens is 400 g/mol. The third-order valence-corrected chi connectivity index (χ3v) is 6.42. The second-order valence-corrected chi connectivity index (χ2v) is 8.55. The van der Waals surface area contributed by atoms with Gasteiger partial charge in [-0.2, -0.15) is 5.10 Å². The third-order valence-electron chi connectivity index (χ3n) is 6.42. The van der Waals surface area contributed by atoms with Gasteiger partial charge in [-0.3, -0.25) is 14.6 Å². The Balaban J connectivity index is 1.20. The fraction of sp³-hybridized carbons (Fsp3) is 0.231. The molecule has 0 unspecified atom stereocenters. The van der Waals surface area contributed by atoms with Crippen molar-refractivity contribution in [2.75, 3.05) is 26.2 Å². The van der Waals surface area contributed by atoms with Gasteiger partial charge in [0.25, 0.3) is 5.56 Å². The number of rotatable bonds is 4. The van der Waals surface area contributed by atoms with Crippen molar-refractivity contribution in [3.8, 4) is 22.8 Å². The van der Waals surface area contributed by atoms with Crippen molar-refractivity contribution in [3.63, 3.8) is 0 Å². The molecule has 1 N–H and O–H groups in total. The highest BCUT2D eigenvalue weighted by molar-refractivity contribution is 6.01. The van der Waals surface area contributed by atoms with Crippen LogP contribution in [-0.2, 0) is 13.1 Å². The maximum Gasteiger partial charge on any atom is 0.272 e. The maximum absolute atomic E-state index is 12.2. The second kappa shape index (κ2) is 7.89. The molecular formula is C26H24N4O2. The number of aromatic nitrogens is 2. The lowest BCUT2D eigenvalue weighted by molar-refractivity contribution is 0.122. The maximum atomic E-state index is 12.2. The highest BCUT2D eigenvalue weighted by Gasteiger charge is 2.24. The van der Waals surface area contributed by atoms with Crippen LogP contribution in [0.2, 0.25) is 0 Å². The first kappa shape index (κ1) is 19.2. The molecule has 6 rings (SSSR count). The molecule has 1 aromatic heterocycles. The van der Waals surface area contributed by atoms with E-state index in [1.807, 2.05) is 24.3 Å². The van der Waals surface area contributed by atoms with Crippen molar-refractivity contribution in [3.05, 3.63) is 88.2 Å². The van der Waals surface area contributed by atoms with Crippen LogP contribution in [0.4, 0.5) is 0 Å². The third kappa shape index (κ3) is 3.47. The van der Waals surface area contributed by atoms with Crippen LogP contribution in [0.25, 0.3) is 22.0 Å². The summed E-state index contributed by atoms with van der Waals surface area (Å²) in [6.45, 7) is 6.13. The van der Waals surface area contributed by atoms with E-state index in [1.165, 1.54) is 11.1 Å². The zero-order chi connectivity index (χ0) is 21.5. The highest BCUT2D eigenvalue weighted by atomic mass is 16.5. The number of benzene rings is 3. The lowest BCUT2D eigenvalue weighted by atomic mass is 9.99. The van der Waals surface area contributed by atoms with E-state index in [-0.39, 0.29) is 5.56 Å². The zero-order valence-corrected chi connectivity index (χ0v) is 17.8.